The molecule has 9 nitrogen and oxygen atoms in total. The number of nitrogens with zero attached hydrogens (tertiary/aromatic N) is 1. The number of carbonyl (C=O) groups is 2. The van der Waals surface area contributed by atoms with Crippen molar-refractivity contribution in [1.29, 1.82) is 0 Å². The zero-order chi connectivity index (χ0) is 17.0. The Morgan fingerprint density at radius 1 is 1.22 bits per heavy atom. The number of amides is 2. The normalized spacial score (nSPS) is 10.3. The molecule has 0 bridgehead atoms. The van der Waals surface area contributed by atoms with Crippen molar-refractivity contribution in [2.45, 2.75) is 13.0 Å². The highest BCUT2D eigenvalue weighted by Crippen LogP contribution is 2.09. The smallest absolute Gasteiger partial charge is 0.289 e. The summed E-state index contributed by atoms with van der Waals surface area (Å²) in [5.41, 5.74) is -0.962. The van der Waals surface area contributed by atoms with Gasteiger partial charge in [-0.1, -0.05) is 0 Å². The molecule has 9 heteroatoms. The molecule has 0 aromatic carbocycles. The number of hydrogen-bond acceptors (Lipinski definition) is 5. The lowest BCUT2D eigenvalue weighted by atomic mass is 10.2. The number of H-pyrrole nitrogens is 2. The summed E-state index contributed by atoms with van der Waals surface area (Å²) in [6.07, 6.45) is -0.233. The van der Waals surface area contributed by atoms with Crippen molar-refractivity contribution >= 4 is 11.8 Å². The second kappa shape index (κ2) is 6.77. The standard InChI is InChI=1S/C14H16N4O5/c1-18(2)14(22)10-4-3-9(23-10)7-15-11(19)5-8-6-12(20)16-17-13(8)21/h3-4,6H,5,7H2,1-2H3,(H,15,19)(H,16,20)(H,17,21). The molecular weight excluding hydrogens is 304 g/mol. The zero-order valence-corrected chi connectivity index (χ0v) is 12.6. The average Bonchev–Trinajstić information content (AvgIpc) is 2.97. The van der Waals surface area contributed by atoms with Gasteiger partial charge in [0.15, 0.2) is 5.76 Å². The van der Waals surface area contributed by atoms with E-state index in [9.17, 15) is 19.2 Å². The minimum atomic E-state index is -0.531. The second-order valence-corrected chi connectivity index (χ2v) is 5.03. The lowest BCUT2D eigenvalue weighted by Crippen LogP contribution is -2.29. The minimum Gasteiger partial charge on any atom is -0.454 e. The fraction of sp³-hybridized carbons (Fsp3) is 0.286. The van der Waals surface area contributed by atoms with Crippen molar-refractivity contribution in [3.8, 4) is 0 Å². The summed E-state index contributed by atoms with van der Waals surface area (Å²) in [7, 11) is 3.21. The van der Waals surface area contributed by atoms with Gasteiger partial charge in [-0.2, -0.15) is 0 Å². The Morgan fingerprint density at radius 3 is 2.65 bits per heavy atom. The quantitative estimate of drug-likeness (QED) is 0.665. The van der Waals surface area contributed by atoms with E-state index in [0.717, 1.165) is 6.07 Å². The molecule has 0 fully saturated rings. The Balaban J connectivity index is 1.94. The fourth-order valence-electron chi connectivity index (χ4n) is 1.82. The van der Waals surface area contributed by atoms with Crippen LogP contribution in [-0.2, 0) is 17.8 Å². The van der Waals surface area contributed by atoms with E-state index < -0.39 is 17.0 Å². The number of nitrogens with one attached hydrogen (secondary N) is 3. The molecule has 0 atom stereocenters. The van der Waals surface area contributed by atoms with E-state index in [0.29, 0.717) is 5.76 Å². The molecule has 2 rings (SSSR count). The summed E-state index contributed by atoms with van der Waals surface area (Å²) in [6, 6.07) is 4.17. The highest BCUT2D eigenvalue weighted by molar-refractivity contribution is 5.91. The SMILES string of the molecule is CN(C)C(=O)c1ccc(CNC(=O)Cc2cc(=O)[nH][nH]c2=O)o1. The number of furan rings is 1. The predicted molar refractivity (Wildman–Crippen MR) is 80.0 cm³/mol. The van der Waals surface area contributed by atoms with Crippen molar-refractivity contribution in [3.05, 3.63) is 56.0 Å². The Morgan fingerprint density at radius 2 is 1.96 bits per heavy atom. The molecule has 0 saturated heterocycles. The van der Waals surface area contributed by atoms with Crippen LogP contribution >= 0.6 is 0 Å². The topological polar surface area (TPSA) is 128 Å². The third-order valence-electron chi connectivity index (χ3n) is 2.99. The van der Waals surface area contributed by atoms with Crippen LogP contribution in [0.1, 0.15) is 21.9 Å². The largest absolute Gasteiger partial charge is 0.454 e. The Bertz CT molecular complexity index is 830. The van der Waals surface area contributed by atoms with E-state index in [1.54, 1.807) is 20.2 Å². The van der Waals surface area contributed by atoms with Crippen molar-refractivity contribution in [1.82, 2.24) is 20.4 Å². The van der Waals surface area contributed by atoms with Gasteiger partial charge < -0.3 is 14.6 Å². The van der Waals surface area contributed by atoms with Crippen molar-refractivity contribution in [3.63, 3.8) is 0 Å². The molecular formula is C14H16N4O5. The van der Waals surface area contributed by atoms with Gasteiger partial charge in [-0.3, -0.25) is 29.4 Å². The summed E-state index contributed by atoms with van der Waals surface area (Å²) in [5, 5.41) is 6.81. The Hall–Kier alpha value is -3.10. The van der Waals surface area contributed by atoms with Crippen LogP contribution in [0.4, 0.5) is 0 Å². The molecule has 23 heavy (non-hydrogen) atoms. The molecule has 3 N–H and O–H groups in total. The molecule has 0 aliphatic heterocycles. The third kappa shape index (κ3) is 4.19. The first-order chi connectivity index (χ1) is 10.9. The number of carbonyl (C=O) groups excluding carboxylic acids is 2. The number of aromatic amines is 2. The fourth-order valence-corrected chi connectivity index (χ4v) is 1.82. The molecule has 0 saturated carbocycles. The maximum atomic E-state index is 11.8. The highest BCUT2D eigenvalue weighted by Gasteiger charge is 2.14. The molecule has 2 aromatic heterocycles. The van der Waals surface area contributed by atoms with Gasteiger partial charge in [0.2, 0.25) is 5.91 Å². The molecule has 0 aliphatic rings. The van der Waals surface area contributed by atoms with Gasteiger partial charge >= 0.3 is 0 Å². The number of aromatic nitrogens is 2. The maximum Gasteiger partial charge on any atom is 0.289 e. The maximum absolute atomic E-state index is 11.8. The van der Waals surface area contributed by atoms with Crippen LogP contribution in [0.3, 0.4) is 0 Å². The summed E-state index contributed by atoms with van der Waals surface area (Å²) >= 11 is 0. The molecule has 2 heterocycles. The van der Waals surface area contributed by atoms with Crippen LogP contribution in [-0.4, -0.2) is 41.0 Å². The van der Waals surface area contributed by atoms with E-state index in [1.165, 1.54) is 11.0 Å². The third-order valence-corrected chi connectivity index (χ3v) is 2.99. The first-order valence-corrected chi connectivity index (χ1v) is 6.75. The molecule has 0 radical (unpaired) electrons. The van der Waals surface area contributed by atoms with Gasteiger partial charge in [0, 0.05) is 25.7 Å². The molecule has 2 aromatic rings. The van der Waals surface area contributed by atoms with Gasteiger partial charge in [0.1, 0.15) is 5.76 Å². The average molecular weight is 320 g/mol. The zero-order valence-electron chi connectivity index (χ0n) is 12.6. The second-order valence-electron chi connectivity index (χ2n) is 5.03. The monoisotopic (exact) mass is 320 g/mol. The van der Waals surface area contributed by atoms with E-state index in [4.69, 9.17) is 4.42 Å². The molecule has 122 valence electrons. The van der Waals surface area contributed by atoms with Gasteiger partial charge in [0.25, 0.3) is 17.0 Å². The van der Waals surface area contributed by atoms with Gasteiger partial charge in [0.05, 0.1) is 13.0 Å². The summed E-state index contributed by atoms with van der Waals surface area (Å²) < 4.78 is 5.32. The first-order valence-electron chi connectivity index (χ1n) is 6.75. The molecule has 0 unspecified atom stereocenters. The molecule has 0 aliphatic carbocycles. The summed E-state index contributed by atoms with van der Waals surface area (Å²) in [5.74, 6) is -0.149. The van der Waals surface area contributed by atoms with E-state index in [2.05, 4.69) is 15.5 Å². The number of rotatable bonds is 5. The van der Waals surface area contributed by atoms with Crippen LogP contribution in [0, 0.1) is 0 Å². The first kappa shape index (κ1) is 16.3. The Kier molecular flexibility index (Phi) is 4.79. The van der Waals surface area contributed by atoms with E-state index >= 15 is 0 Å². The van der Waals surface area contributed by atoms with Crippen LogP contribution < -0.4 is 16.4 Å². The van der Waals surface area contributed by atoms with E-state index in [-0.39, 0.29) is 30.2 Å². The lowest BCUT2D eigenvalue weighted by molar-refractivity contribution is -0.120. The minimum absolute atomic E-state index is 0.0640. The molecule has 2 amide bonds. The van der Waals surface area contributed by atoms with E-state index in [1.807, 2.05) is 0 Å². The van der Waals surface area contributed by atoms with Crippen LogP contribution in [0.25, 0.3) is 0 Å². The lowest BCUT2D eigenvalue weighted by Gasteiger charge is -2.07. The molecule has 0 spiro atoms. The van der Waals surface area contributed by atoms with Crippen LogP contribution in [0.2, 0.25) is 0 Å². The van der Waals surface area contributed by atoms with Gasteiger partial charge in [-0.25, -0.2) is 0 Å². The van der Waals surface area contributed by atoms with Crippen molar-refractivity contribution in [2.24, 2.45) is 0 Å². The van der Waals surface area contributed by atoms with Crippen LogP contribution in [0.15, 0.2) is 32.2 Å². The van der Waals surface area contributed by atoms with Crippen LogP contribution in [0.5, 0.6) is 0 Å². The summed E-state index contributed by atoms with van der Waals surface area (Å²) in [6.45, 7) is 0.0701. The summed E-state index contributed by atoms with van der Waals surface area (Å²) in [4.78, 5) is 47.4. The van der Waals surface area contributed by atoms with Crippen molar-refractivity contribution in [2.75, 3.05) is 14.1 Å². The highest BCUT2D eigenvalue weighted by atomic mass is 16.4. The van der Waals surface area contributed by atoms with Gasteiger partial charge in [-0.15, -0.1) is 0 Å². The van der Waals surface area contributed by atoms with Crippen molar-refractivity contribution < 1.29 is 14.0 Å². The number of hydrogen-bond donors (Lipinski definition) is 3. The predicted octanol–water partition coefficient (Wildman–Crippen LogP) is -0.783. The van der Waals surface area contributed by atoms with Gasteiger partial charge in [-0.05, 0) is 12.1 Å². The Labute approximate surface area is 130 Å².